The smallest absolute Gasteiger partial charge is 0.306 e. The molecule has 0 aliphatic heterocycles. The summed E-state index contributed by atoms with van der Waals surface area (Å²) in [4.78, 5) is 57.9. The van der Waals surface area contributed by atoms with E-state index in [4.69, 9.17) is 5.11 Å². The van der Waals surface area contributed by atoms with Gasteiger partial charge in [0.25, 0.3) is 0 Å². The number of carbonyl (C=O) groups is 5. The van der Waals surface area contributed by atoms with Crippen LogP contribution in [-0.4, -0.2) is 46.2 Å². The summed E-state index contributed by atoms with van der Waals surface area (Å²) in [5.41, 5.74) is 0. The van der Waals surface area contributed by atoms with Crippen molar-refractivity contribution in [3.63, 3.8) is 0 Å². The van der Waals surface area contributed by atoms with E-state index >= 15 is 0 Å². The molecule has 0 spiro atoms. The number of nitrogens with one attached hydrogen (secondary N) is 1. The van der Waals surface area contributed by atoms with Crippen LogP contribution < -0.4 is 5.32 Å². The summed E-state index contributed by atoms with van der Waals surface area (Å²) in [6.45, 7) is 2.08. The van der Waals surface area contributed by atoms with E-state index in [0.717, 1.165) is 64.2 Å². The minimum Gasteiger partial charge on any atom is -0.481 e. The molecular formula is C31H53NO7. The predicted octanol–water partition coefficient (Wildman–Crippen LogP) is 6.48. The quantitative estimate of drug-likeness (QED) is 0.117. The van der Waals surface area contributed by atoms with Crippen molar-refractivity contribution in [3.8, 4) is 0 Å². The van der Waals surface area contributed by atoms with Gasteiger partial charge in [-0.3, -0.25) is 19.2 Å². The van der Waals surface area contributed by atoms with E-state index < -0.39 is 17.9 Å². The van der Waals surface area contributed by atoms with Crippen LogP contribution in [0.3, 0.4) is 0 Å². The molecule has 0 aromatic carbocycles. The molecular weight excluding hydrogens is 498 g/mol. The van der Waals surface area contributed by atoms with Crippen molar-refractivity contribution < 1.29 is 34.2 Å². The lowest BCUT2D eigenvalue weighted by atomic mass is 9.78. The minimum absolute atomic E-state index is 0.00148. The Morgan fingerprint density at radius 3 is 1.64 bits per heavy atom. The highest BCUT2D eigenvalue weighted by Gasteiger charge is 2.30. The molecule has 224 valence electrons. The van der Waals surface area contributed by atoms with Gasteiger partial charge in [0.15, 0.2) is 0 Å². The van der Waals surface area contributed by atoms with Gasteiger partial charge in [-0.1, -0.05) is 64.2 Å². The molecule has 0 heterocycles. The van der Waals surface area contributed by atoms with Gasteiger partial charge in [-0.2, -0.15) is 0 Å². The average Bonchev–Trinajstić information content (AvgIpc) is 2.89. The Balaban J connectivity index is 2.00. The first-order valence-corrected chi connectivity index (χ1v) is 15.4. The van der Waals surface area contributed by atoms with Crippen molar-refractivity contribution in [3.05, 3.63) is 0 Å². The van der Waals surface area contributed by atoms with Gasteiger partial charge in [-0.25, -0.2) is 0 Å². The number of rotatable bonds is 24. The highest BCUT2D eigenvalue weighted by molar-refractivity contribution is 5.86. The van der Waals surface area contributed by atoms with Crippen molar-refractivity contribution in [2.24, 2.45) is 17.8 Å². The van der Waals surface area contributed by atoms with E-state index in [1.54, 1.807) is 0 Å². The summed E-state index contributed by atoms with van der Waals surface area (Å²) in [5, 5.41) is 21.0. The number of amides is 1. The number of aliphatic carboxylic acids is 2. The third kappa shape index (κ3) is 18.6. The topological polar surface area (TPSA) is 138 Å². The maximum absolute atomic E-state index is 12.6. The molecule has 1 saturated carbocycles. The van der Waals surface area contributed by atoms with Gasteiger partial charge >= 0.3 is 11.9 Å². The zero-order valence-electron chi connectivity index (χ0n) is 24.2. The molecule has 1 aliphatic rings. The molecule has 1 rings (SSSR count). The van der Waals surface area contributed by atoms with E-state index in [2.05, 4.69) is 5.32 Å². The lowest BCUT2D eigenvalue weighted by Crippen LogP contribution is -2.33. The van der Waals surface area contributed by atoms with Gasteiger partial charge in [-0.05, 0) is 57.8 Å². The highest BCUT2D eigenvalue weighted by Crippen LogP contribution is 2.31. The molecule has 39 heavy (non-hydrogen) atoms. The van der Waals surface area contributed by atoms with Crippen molar-refractivity contribution in [1.82, 2.24) is 5.32 Å². The molecule has 0 saturated heterocycles. The normalized spacial score (nSPS) is 17.9. The summed E-state index contributed by atoms with van der Waals surface area (Å²) in [6.07, 6.45) is 18.0. The maximum atomic E-state index is 12.6. The molecule has 1 fully saturated rings. The molecule has 0 aromatic rings. The number of Topliss-reactive ketones (excluding diaryl/α,β-unsaturated/α-hetero) is 2. The lowest BCUT2D eigenvalue weighted by molar-refractivity contribution is -0.144. The molecule has 1 amide bonds. The van der Waals surface area contributed by atoms with Gasteiger partial charge in [-0.15, -0.1) is 0 Å². The summed E-state index contributed by atoms with van der Waals surface area (Å²) < 4.78 is 0. The summed E-state index contributed by atoms with van der Waals surface area (Å²) in [5.74, 6) is -2.17. The van der Waals surface area contributed by atoms with Crippen LogP contribution in [0.5, 0.6) is 0 Å². The Morgan fingerprint density at radius 1 is 0.692 bits per heavy atom. The largest absolute Gasteiger partial charge is 0.481 e. The van der Waals surface area contributed by atoms with Crippen LogP contribution in [0.25, 0.3) is 0 Å². The second kappa shape index (κ2) is 21.6. The Bertz CT molecular complexity index is 743. The summed E-state index contributed by atoms with van der Waals surface area (Å²) >= 11 is 0. The van der Waals surface area contributed by atoms with Crippen molar-refractivity contribution in [2.75, 3.05) is 6.54 Å². The lowest BCUT2D eigenvalue weighted by Gasteiger charge is -2.28. The number of carboxylic acids is 2. The van der Waals surface area contributed by atoms with Crippen LogP contribution in [0, 0.1) is 17.8 Å². The van der Waals surface area contributed by atoms with Gasteiger partial charge < -0.3 is 20.3 Å². The van der Waals surface area contributed by atoms with E-state index in [1.807, 2.05) is 0 Å². The average molecular weight is 552 g/mol. The number of unbranched alkanes of at least 4 members (excludes halogenated alkanes) is 11. The van der Waals surface area contributed by atoms with Gasteiger partial charge in [0.1, 0.15) is 11.6 Å². The molecule has 1 atom stereocenters. The van der Waals surface area contributed by atoms with Crippen molar-refractivity contribution in [2.45, 2.75) is 142 Å². The summed E-state index contributed by atoms with van der Waals surface area (Å²) in [6, 6.07) is 0. The molecule has 3 N–H and O–H groups in total. The van der Waals surface area contributed by atoms with Crippen LogP contribution in [0.2, 0.25) is 0 Å². The first-order chi connectivity index (χ1) is 18.7. The summed E-state index contributed by atoms with van der Waals surface area (Å²) in [7, 11) is 0. The fourth-order valence-electron chi connectivity index (χ4n) is 5.46. The predicted molar refractivity (Wildman–Crippen MR) is 151 cm³/mol. The monoisotopic (exact) mass is 551 g/mol. The Morgan fingerprint density at radius 2 is 1.18 bits per heavy atom. The fraction of sp³-hybridized carbons (Fsp3) is 0.839. The number of hydrogen-bond donors (Lipinski definition) is 3. The highest BCUT2D eigenvalue weighted by atomic mass is 16.4. The zero-order valence-corrected chi connectivity index (χ0v) is 24.2. The zero-order chi connectivity index (χ0) is 28.9. The van der Waals surface area contributed by atoms with Crippen molar-refractivity contribution in [1.29, 1.82) is 0 Å². The van der Waals surface area contributed by atoms with Crippen LogP contribution >= 0.6 is 0 Å². The van der Waals surface area contributed by atoms with Crippen molar-refractivity contribution >= 4 is 29.4 Å². The first kappa shape index (κ1) is 34.8. The second-order valence-corrected chi connectivity index (χ2v) is 11.6. The van der Waals surface area contributed by atoms with E-state index in [1.165, 1.54) is 45.4 Å². The number of carbonyl (C=O) groups excluding carboxylic acids is 3. The molecule has 0 unspecified atom stereocenters. The van der Waals surface area contributed by atoms with E-state index in [9.17, 15) is 29.1 Å². The minimum atomic E-state index is -1.00. The molecule has 8 nitrogen and oxygen atoms in total. The first-order valence-electron chi connectivity index (χ1n) is 15.4. The Kier molecular flexibility index (Phi) is 19.2. The molecule has 0 radical (unpaired) electrons. The fourth-order valence-corrected chi connectivity index (χ4v) is 5.46. The standard InChI is InChI=1S/C31H53NO7/c1-24(33)16-19-27(31(38)39)22-28(34)26-20-17-25(18-21-26)23-32-29(35)14-12-10-8-6-4-2-3-5-7-9-11-13-15-30(36)37/h25-27H,2-23H2,1H3,(H,32,35)(H,36,37)(H,38,39)/t25?,26?,27-/m1/s1. The van der Waals surface area contributed by atoms with Crippen LogP contribution in [0.1, 0.15) is 142 Å². The van der Waals surface area contributed by atoms with E-state index in [-0.39, 0.29) is 49.1 Å². The van der Waals surface area contributed by atoms with Crippen LogP contribution in [0.15, 0.2) is 0 Å². The molecule has 0 aromatic heterocycles. The van der Waals surface area contributed by atoms with E-state index in [0.29, 0.717) is 18.9 Å². The number of ketones is 2. The third-order valence-corrected chi connectivity index (χ3v) is 8.08. The SMILES string of the molecule is CC(=O)CC[C@H](CC(=O)C1CCC(CNC(=O)CCCCCCCCCCCCCCC(=O)O)CC1)C(=O)O. The van der Waals surface area contributed by atoms with Crippen LogP contribution in [0.4, 0.5) is 0 Å². The Hall–Kier alpha value is -2.25. The number of carboxylic acid groups (broad SMARTS) is 2. The number of hydrogen-bond acceptors (Lipinski definition) is 5. The second-order valence-electron chi connectivity index (χ2n) is 11.6. The van der Waals surface area contributed by atoms with Crippen LogP contribution in [-0.2, 0) is 24.0 Å². The molecule has 8 heteroatoms. The van der Waals surface area contributed by atoms with Gasteiger partial charge in [0, 0.05) is 38.1 Å². The van der Waals surface area contributed by atoms with Gasteiger partial charge in [0.2, 0.25) is 5.91 Å². The van der Waals surface area contributed by atoms with Gasteiger partial charge in [0.05, 0.1) is 5.92 Å². The molecule has 0 bridgehead atoms. The Labute approximate surface area is 235 Å². The maximum Gasteiger partial charge on any atom is 0.306 e. The molecule has 1 aliphatic carbocycles. The third-order valence-electron chi connectivity index (χ3n) is 8.08.